The summed E-state index contributed by atoms with van der Waals surface area (Å²) in [5.74, 6) is -2.54. The summed E-state index contributed by atoms with van der Waals surface area (Å²) in [5.41, 5.74) is -1.07. The van der Waals surface area contributed by atoms with Crippen molar-refractivity contribution in [1.29, 1.82) is 0 Å². The number of carbonyl (C=O) groups excluding carboxylic acids is 3. The molecule has 8 atom stereocenters. The minimum atomic E-state index is -1.21. The molecule has 0 radical (unpaired) electrons. The zero-order valence-electron chi connectivity index (χ0n) is 24.8. The molecule has 1 spiro atoms. The van der Waals surface area contributed by atoms with Gasteiger partial charge < -0.3 is 24.5 Å². The number of halogens is 1. The number of aliphatic hydroxyl groups excluding tert-OH is 1. The van der Waals surface area contributed by atoms with Gasteiger partial charge in [-0.2, -0.15) is 0 Å². The predicted octanol–water partition coefficient (Wildman–Crippen LogP) is 4.17. The average molecular weight is 631 g/mol. The fourth-order valence-corrected chi connectivity index (χ4v) is 7.95. The number of para-hydroxylation sites is 1. The van der Waals surface area contributed by atoms with Crippen molar-refractivity contribution in [1.82, 2.24) is 9.80 Å². The van der Waals surface area contributed by atoms with Crippen LogP contribution in [0.4, 0.5) is 5.69 Å². The first kappa shape index (κ1) is 31.4. The van der Waals surface area contributed by atoms with Gasteiger partial charge in [0, 0.05) is 29.1 Å². The number of rotatable bonds is 11. The van der Waals surface area contributed by atoms with Crippen molar-refractivity contribution in [2.45, 2.75) is 81.6 Å². The second-order valence-electron chi connectivity index (χ2n) is 12.5. The number of hydrogen-bond acceptors (Lipinski definition) is 5. The van der Waals surface area contributed by atoms with Crippen LogP contribution in [0.1, 0.15) is 47.5 Å². The van der Waals surface area contributed by atoms with Gasteiger partial charge in [-0.05, 0) is 45.2 Å². The summed E-state index contributed by atoms with van der Waals surface area (Å²) in [6.45, 7) is 17.8. The molecular formula is C32H44BrN3O5. The molecule has 9 heteroatoms. The highest BCUT2D eigenvalue weighted by Gasteiger charge is 2.77. The highest BCUT2D eigenvalue weighted by molar-refractivity contribution is 9.09. The molecule has 2 bridgehead atoms. The number of anilines is 1. The van der Waals surface area contributed by atoms with E-state index in [9.17, 15) is 19.5 Å². The average Bonchev–Trinajstić information content (AvgIpc) is 3.53. The van der Waals surface area contributed by atoms with E-state index in [2.05, 4.69) is 29.1 Å². The summed E-state index contributed by atoms with van der Waals surface area (Å²) >= 11 is 3.76. The van der Waals surface area contributed by atoms with E-state index in [0.717, 1.165) is 0 Å². The Morgan fingerprint density at radius 2 is 1.83 bits per heavy atom. The van der Waals surface area contributed by atoms with Crippen molar-refractivity contribution in [3.05, 3.63) is 55.6 Å². The quantitative estimate of drug-likeness (QED) is 0.293. The van der Waals surface area contributed by atoms with Gasteiger partial charge in [0.2, 0.25) is 17.7 Å². The first-order valence-electron chi connectivity index (χ1n) is 14.5. The van der Waals surface area contributed by atoms with Crippen molar-refractivity contribution in [2.24, 2.45) is 17.8 Å². The van der Waals surface area contributed by atoms with Crippen LogP contribution in [0.2, 0.25) is 0 Å². The van der Waals surface area contributed by atoms with E-state index in [1.807, 2.05) is 65.0 Å². The topological polar surface area (TPSA) is 90.4 Å². The van der Waals surface area contributed by atoms with Crippen LogP contribution in [0.15, 0.2) is 55.6 Å². The molecule has 224 valence electrons. The van der Waals surface area contributed by atoms with Gasteiger partial charge in [0.1, 0.15) is 11.6 Å². The third-order valence-electron chi connectivity index (χ3n) is 9.12. The zero-order valence-corrected chi connectivity index (χ0v) is 26.4. The van der Waals surface area contributed by atoms with E-state index in [-0.39, 0.29) is 41.6 Å². The SMILES string of the molecule is C=CCN(C(=O)[C@H]1[C@H]2C(=O)N([C@@H](CO)[C@@H](C)CC)C(C(=O)N(CC=C)C(C)(C)C)C23CC(Br)[C@@H]1O3)c1ccccc1. The van der Waals surface area contributed by atoms with Gasteiger partial charge in [0.15, 0.2) is 0 Å². The Kier molecular flexibility index (Phi) is 9.21. The minimum absolute atomic E-state index is 0.0790. The van der Waals surface area contributed by atoms with Gasteiger partial charge in [0.25, 0.3) is 0 Å². The number of nitrogens with zero attached hydrogens (tertiary/aromatic N) is 3. The molecule has 3 unspecified atom stereocenters. The van der Waals surface area contributed by atoms with Crippen LogP contribution in [0.25, 0.3) is 0 Å². The smallest absolute Gasteiger partial charge is 0.249 e. The van der Waals surface area contributed by atoms with E-state index in [0.29, 0.717) is 25.1 Å². The molecule has 0 aliphatic carbocycles. The summed E-state index contributed by atoms with van der Waals surface area (Å²) in [6.07, 6.45) is 3.87. The first-order chi connectivity index (χ1) is 19.4. The summed E-state index contributed by atoms with van der Waals surface area (Å²) in [7, 11) is 0. The van der Waals surface area contributed by atoms with Crippen molar-refractivity contribution in [3.8, 4) is 0 Å². The molecule has 1 aromatic carbocycles. The molecule has 3 saturated heterocycles. The van der Waals surface area contributed by atoms with Gasteiger partial charge >= 0.3 is 0 Å². The maximum absolute atomic E-state index is 14.6. The highest BCUT2D eigenvalue weighted by Crippen LogP contribution is 2.61. The second kappa shape index (κ2) is 12.0. The Hall–Kier alpha value is -2.49. The monoisotopic (exact) mass is 629 g/mol. The third-order valence-corrected chi connectivity index (χ3v) is 9.97. The molecule has 1 aromatic rings. The Balaban J connectivity index is 1.87. The number of hydrogen-bond donors (Lipinski definition) is 1. The number of carbonyl (C=O) groups is 3. The molecule has 0 saturated carbocycles. The standard InChI is InChI=1S/C32H44BrN3O5/c1-8-16-34(21-14-12-11-13-15-21)28(38)24-25-29(39)36(23(19-37)20(4)10-3)27(32(25)18-22(33)26(24)41-32)30(40)35(17-9-2)31(5,6)7/h8-9,11-15,20,22-27,37H,1-2,10,16-19H2,3-7H3/t20-,22?,23-,24-,25-,26-,27?,32?/m0/s1. The number of likely N-dealkylation sites (tertiary alicyclic amines) is 1. The zero-order chi connectivity index (χ0) is 30.3. The third kappa shape index (κ3) is 5.19. The molecule has 3 heterocycles. The number of benzene rings is 1. The predicted molar refractivity (Wildman–Crippen MR) is 164 cm³/mol. The molecule has 3 aliphatic rings. The molecule has 4 rings (SSSR count). The van der Waals surface area contributed by atoms with Crippen LogP contribution < -0.4 is 4.90 Å². The van der Waals surface area contributed by atoms with Crippen LogP contribution >= 0.6 is 15.9 Å². The van der Waals surface area contributed by atoms with Crippen molar-refractivity contribution in [2.75, 3.05) is 24.6 Å². The van der Waals surface area contributed by atoms with E-state index in [4.69, 9.17) is 4.74 Å². The summed E-state index contributed by atoms with van der Waals surface area (Å²) in [6, 6.07) is 7.73. The number of fused-ring (bicyclic) bond motifs is 1. The lowest BCUT2D eigenvalue weighted by atomic mass is 9.70. The van der Waals surface area contributed by atoms with E-state index in [1.54, 1.807) is 26.9 Å². The second-order valence-corrected chi connectivity index (χ2v) is 13.7. The van der Waals surface area contributed by atoms with Crippen LogP contribution in [0.5, 0.6) is 0 Å². The largest absolute Gasteiger partial charge is 0.394 e. The van der Waals surface area contributed by atoms with E-state index in [1.165, 1.54) is 0 Å². The van der Waals surface area contributed by atoms with Gasteiger partial charge in [-0.3, -0.25) is 14.4 Å². The van der Waals surface area contributed by atoms with Crippen LogP contribution in [-0.4, -0.2) is 86.5 Å². The summed E-state index contributed by atoms with van der Waals surface area (Å²) < 4.78 is 6.74. The number of alkyl halides is 1. The Labute approximate surface area is 252 Å². The van der Waals surface area contributed by atoms with E-state index >= 15 is 0 Å². The van der Waals surface area contributed by atoms with Gasteiger partial charge in [-0.15, -0.1) is 13.2 Å². The molecule has 1 N–H and O–H groups in total. The number of amides is 3. The van der Waals surface area contributed by atoms with Gasteiger partial charge in [0.05, 0.1) is 30.6 Å². The van der Waals surface area contributed by atoms with Gasteiger partial charge in [-0.25, -0.2) is 0 Å². The maximum atomic E-state index is 14.6. The molecular weight excluding hydrogens is 586 g/mol. The molecule has 3 aliphatic heterocycles. The Morgan fingerprint density at radius 3 is 2.37 bits per heavy atom. The normalized spacial score (nSPS) is 30.1. The fraction of sp³-hybridized carbons (Fsp3) is 0.594. The number of aliphatic hydroxyl groups is 1. The van der Waals surface area contributed by atoms with Crippen molar-refractivity contribution in [3.63, 3.8) is 0 Å². The van der Waals surface area contributed by atoms with Crippen LogP contribution in [-0.2, 0) is 19.1 Å². The van der Waals surface area contributed by atoms with E-state index < -0.39 is 41.2 Å². The number of ether oxygens (including phenoxy) is 1. The van der Waals surface area contributed by atoms with Crippen LogP contribution in [0, 0.1) is 17.8 Å². The van der Waals surface area contributed by atoms with Gasteiger partial charge in [-0.1, -0.05) is 66.5 Å². The minimum Gasteiger partial charge on any atom is -0.394 e. The lowest BCUT2D eigenvalue weighted by Gasteiger charge is -2.44. The molecule has 0 aromatic heterocycles. The summed E-state index contributed by atoms with van der Waals surface area (Å²) in [4.78, 5) is 48.4. The van der Waals surface area contributed by atoms with Crippen molar-refractivity contribution < 1.29 is 24.2 Å². The Bertz CT molecular complexity index is 1170. The Morgan fingerprint density at radius 1 is 1.20 bits per heavy atom. The lowest BCUT2D eigenvalue weighted by Crippen LogP contribution is -2.62. The molecule has 41 heavy (non-hydrogen) atoms. The van der Waals surface area contributed by atoms with Crippen LogP contribution in [0.3, 0.4) is 0 Å². The maximum Gasteiger partial charge on any atom is 0.249 e. The molecule has 3 fully saturated rings. The molecule has 8 nitrogen and oxygen atoms in total. The summed E-state index contributed by atoms with van der Waals surface area (Å²) in [5, 5.41) is 10.6. The lowest BCUT2D eigenvalue weighted by molar-refractivity contribution is -0.155. The first-order valence-corrected chi connectivity index (χ1v) is 15.5. The van der Waals surface area contributed by atoms with Crippen molar-refractivity contribution >= 4 is 39.3 Å². The molecule has 3 amide bonds. The fourth-order valence-electron chi connectivity index (χ4n) is 7.01. The highest BCUT2D eigenvalue weighted by atomic mass is 79.9.